The van der Waals surface area contributed by atoms with E-state index in [0.29, 0.717) is 0 Å². The van der Waals surface area contributed by atoms with E-state index in [1.165, 1.54) is 20.8 Å². The van der Waals surface area contributed by atoms with Crippen molar-refractivity contribution in [3.63, 3.8) is 0 Å². The molecular formula is C26H48O10Ti. The van der Waals surface area contributed by atoms with Crippen molar-refractivity contribution >= 4 is 35.3 Å². The third-order valence-corrected chi connectivity index (χ3v) is 2.44. The van der Waals surface area contributed by atoms with Crippen LogP contribution in [0.25, 0.3) is 0 Å². The molecule has 0 fully saturated rings. The van der Waals surface area contributed by atoms with Gasteiger partial charge in [0.05, 0.1) is 0 Å². The Bertz CT molecular complexity index is 613. The predicted molar refractivity (Wildman–Crippen MR) is 136 cm³/mol. The maximum atomic E-state index is 10.8. The molecule has 0 radical (unpaired) electrons. The standard InChI is InChI=1S/3C8H14O3.C2H6O.Ti/c3*1-6(9)5-7(10)11-8(2,3)4;1-2-3;/h3*5H2,1-4H3;3H,2H2,1H3;. The topological polar surface area (TPSA) is 150 Å². The molecule has 0 bridgehead atoms. The van der Waals surface area contributed by atoms with Crippen molar-refractivity contribution in [1.82, 2.24) is 0 Å². The van der Waals surface area contributed by atoms with E-state index < -0.39 is 34.7 Å². The zero-order valence-electron chi connectivity index (χ0n) is 24.9. The van der Waals surface area contributed by atoms with E-state index in [-0.39, 0.29) is 64.9 Å². The second-order valence-electron chi connectivity index (χ2n) is 10.7. The second kappa shape index (κ2) is 22.1. The van der Waals surface area contributed by atoms with Gasteiger partial charge in [-0.2, -0.15) is 0 Å². The summed E-state index contributed by atoms with van der Waals surface area (Å²) in [6.45, 7) is 21.9. The summed E-state index contributed by atoms with van der Waals surface area (Å²) in [4.78, 5) is 63.8. The van der Waals surface area contributed by atoms with Gasteiger partial charge in [-0.15, -0.1) is 0 Å². The van der Waals surface area contributed by atoms with Crippen LogP contribution in [-0.2, 0) is 64.7 Å². The number of esters is 3. The van der Waals surface area contributed by atoms with Gasteiger partial charge in [0, 0.05) is 28.3 Å². The molecule has 0 aliphatic carbocycles. The molecule has 10 nitrogen and oxygen atoms in total. The van der Waals surface area contributed by atoms with Gasteiger partial charge in [-0.25, -0.2) is 0 Å². The number of hydrogen-bond acceptors (Lipinski definition) is 10. The number of ketones is 3. The normalized spacial score (nSPS) is 10.2. The maximum Gasteiger partial charge on any atom is 0.313 e. The molecule has 0 aromatic heterocycles. The Hall–Kier alpha value is -1.91. The van der Waals surface area contributed by atoms with Crippen molar-refractivity contribution in [2.75, 3.05) is 6.61 Å². The first-order valence-electron chi connectivity index (χ1n) is 11.6. The van der Waals surface area contributed by atoms with Crippen LogP contribution >= 0.6 is 0 Å². The van der Waals surface area contributed by atoms with Gasteiger partial charge in [0.25, 0.3) is 0 Å². The van der Waals surface area contributed by atoms with E-state index in [0.717, 1.165) is 0 Å². The van der Waals surface area contributed by atoms with Crippen LogP contribution in [0.1, 0.15) is 109 Å². The Morgan fingerprint density at radius 2 is 0.649 bits per heavy atom. The average Bonchev–Trinajstić information content (AvgIpc) is 2.48. The molecule has 0 rings (SSSR count). The largest absolute Gasteiger partial charge is 0.460 e. The van der Waals surface area contributed by atoms with Crippen molar-refractivity contribution in [3.8, 4) is 0 Å². The summed E-state index contributed by atoms with van der Waals surface area (Å²) in [7, 11) is 0. The minimum Gasteiger partial charge on any atom is -0.460 e. The number of rotatable bonds is 6. The number of aliphatic hydroxyl groups is 1. The average molecular weight is 569 g/mol. The molecule has 0 aliphatic rings. The summed E-state index contributed by atoms with van der Waals surface area (Å²) in [5.74, 6) is -1.86. The van der Waals surface area contributed by atoms with E-state index in [1.807, 2.05) is 0 Å². The zero-order valence-corrected chi connectivity index (χ0v) is 26.5. The third-order valence-electron chi connectivity index (χ3n) is 2.44. The molecule has 0 unspecified atom stereocenters. The van der Waals surface area contributed by atoms with Crippen LogP contribution in [0.15, 0.2) is 0 Å². The van der Waals surface area contributed by atoms with E-state index in [1.54, 1.807) is 69.2 Å². The Kier molecular flexibility index (Phi) is 26.9. The Labute approximate surface area is 237 Å². The molecule has 0 aliphatic heterocycles. The molecule has 0 saturated carbocycles. The Balaban J connectivity index is -0.000000129. The van der Waals surface area contributed by atoms with Gasteiger partial charge in [0.1, 0.15) is 53.4 Å². The fourth-order valence-corrected chi connectivity index (χ4v) is 1.74. The zero-order chi connectivity index (χ0) is 29.9. The van der Waals surface area contributed by atoms with Crippen LogP contribution in [0.2, 0.25) is 0 Å². The molecule has 1 N–H and O–H groups in total. The van der Waals surface area contributed by atoms with Crippen molar-refractivity contribution in [2.24, 2.45) is 0 Å². The first kappa shape index (κ1) is 45.0. The summed E-state index contributed by atoms with van der Waals surface area (Å²) >= 11 is 0. The number of aliphatic hydroxyl groups excluding tert-OH is 1. The van der Waals surface area contributed by atoms with Crippen molar-refractivity contribution in [1.29, 1.82) is 0 Å². The van der Waals surface area contributed by atoms with Gasteiger partial charge < -0.3 is 19.3 Å². The smallest absolute Gasteiger partial charge is 0.313 e. The Morgan fingerprint density at radius 3 is 0.730 bits per heavy atom. The fourth-order valence-electron chi connectivity index (χ4n) is 1.74. The fraction of sp³-hybridized carbons (Fsp3) is 0.769. The summed E-state index contributed by atoms with van der Waals surface area (Å²) in [6, 6.07) is 0. The molecule has 216 valence electrons. The number of hydrogen-bond donors (Lipinski definition) is 1. The number of carbonyl (C=O) groups excluding carboxylic acids is 6. The summed E-state index contributed by atoms with van der Waals surface area (Å²) < 4.78 is 14.7. The van der Waals surface area contributed by atoms with Crippen LogP contribution in [0.3, 0.4) is 0 Å². The van der Waals surface area contributed by atoms with Crippen LogP contribution < -0.4 is 0 Å². The van der Waals surface area contributed by atoms with Gasteiger partial charge in [0.2, 0.25) is 0 Å². The van der Waals surface area contributed by atoms with Crippen molar-refractivity contribution in [3.05, 3.63) is 0 Å². The van der Waals surface area contributed by atoms with Crippen LogP contribution in [-0.4, -0.2) is 63.8 Å². The number of ether oxygens (including phenoxy) is 3. The van der Waals surface area contributed by atoms with E-state index >= 15 is 0 Å². The minimum absolute atomic E-state index is 0. The molecule has 11 heteroatoms. The quantitative estimate of drug-likeness (QED) is 0.216. The second-order valence-corrected chi connectivity index (χ2v) is 10.7. The van der Waals surface area contributed by atoms with E-state index in [9.17, 15) is 28.8 Å². The first-order chi connectivity index (χ1) is 15.8. The van der Waals surface area contributed by atoms with Gasteiger partial charge >= 0.3 is 17.9 Å². The van der Waals surface area contributed by atoms with Crippen molar-refractivity contribution < 1.29 is 69.8 Å². The van der Waals surface area contributed by atoms with Crippen LogP contribution in [0.5, 0.6) is 0 Å². The minimum atomic E-state index is -0.494. The number of Topliss-reactive ketones (excluding diaryl/α,β-unsaturated/α-hetero) is 3. The van der Waals surface area contributed by atoms with Crippen LogP contribution in [0.4, 0.5) is 0 Å². The monoisotopic (exact) mass is 568 g/mol. The molecule has 0 aromatic rings. The van der Waals surface area contributed by atoms with Gasteiger partial charge in [-0.05, 0) is 90.0 Å². The van der Waals surface area contributed by atoms with Gasteiger partial charge in [-0.3, -0.25) is 28.8 Å². The van der Waals surface area contributed by atoms with E-state index in [4.69, 9.17) is 19.3 Å². The molecule has 0 spiro atoms. The van der Waals surface area contributed by atoms with E-state index in [2.05, 4.69) is 0 Å². The summed E-state index contributed by atoms with van der Waals surface area (Å²) in [5.41, 5.74) is -1.48. The maximum absolute atomic E-state index is 10.8. The Morgan fingerprint density at radius 1 is 0.514 bits per heavy atom. The molecule has 0 saturated heterocycles. The SMILES string of the molecule is CC(=O)CC(=O)OC(C)(C)C.CC(=O)CC(=O)OC(C)(C)C.CC(=O)CC(=O)OC(C)(C)C.CCO.[Ti]. The predicted octanol–water partition coefficient (Wildman–Crippen LogP) is 3.92. The number of carbonyl (C=O) groups is 6. The van der Waals surface area contributed by atoms with Crippen molar-refractivity contribution in [2.45, 2.75) is 126 Å². The first-order valence-corrected chi connectivity index (χ1v) is 11.6. The van der Waals surface area contributed by atoms with Crippen LogP contribution in [0, 0.1) is 0 Å². The molecule has 0 amide bonds. The van der Waals surface area contributed by atoms with Gasteiger partial charge in [0.15, 0.2) is 0 Å². The molecular weight excluding hydrogens is 520 g/mol. The molecule has 0 atom stereocenters. The molecule has 37 heavy (non-hydrogen) atoms. The summed E-state index contributed by atoms with van der Waals surface area (Å²) in [5, 5.41) is 7.57. The molecule has 0 aromatic carbocycles. The van der Waals surface area contributed by atoms with Gasteiger partial charge in [-0.1, -0.05) is 0 Å². The third kappa shape index (κ3) is 55.8. The molecule has 0 heterocycles. The summed E-state index contributed by atoms with van der Waals surface area (Å²) in [6.07, 6.45) is -0.383.